The molecule has 0 fully saturated rings. The Morgan fingerprint density at radius 1 is 1.12 bits per heavy atom. The van der Waals surface area contributed by atoms with Crippen LogP contribution in [0.5, 0.6) is 0 Å². The zero-order valence-electron chi connectivity index (χ0n) is 18.6. The summed E-state index contributed by atoms with van der Waals surface area (Å²) in [6.45, 7) is 4.73. The molecule has 0 saturated carbocycles. The first kappa shape index (κ1) is 24.9. The van der Waals surface area contributed by atoms with E-state index in [1.807, 2.05) is 0 Å². The molecule has 0 spiro atoms. The highest BCUT2D eigenvalue weighted by Crippen LogP contribution is 2.32. The molecular formula is C24H22F4N2O4. The smallest absolute Gasteiger partial charge is 0.419 e. The molecule has 1 amide bonds. The minimum Gasteiger partial charge on any atom is -0.464 e. The first-order chi connectivity index (χ1) is 15.9. The highest BCUT2D eigenvalue weighted by Gasteiger charge is 2.34. The van der Waals surface area contributed by atoms with Crippen LogP contribution in [-0.4, -0.2) is 23.1 Å². The molecule has 0 bridgehead atoms. The fraction of sp³-hybridized carbons (Fsp3) is 0.292. The van der Waals surface area contributed by atoms with Crippen molar-refractivity contribution < 1.29 is 31.9 Å². The van der Waals surface area contributed by atoms with E-state index in [1.165, 1.54) is 17.7 Å². The molecule has 0 saturated heterocycles. The van der Waals surface area contributed by atoms with E-state index in [1.54, 1.807) is 32.0 Å². The quantitative estimate of drug-likeness (QED) is 0.409. The molecule has 6 nitrogen and oxygen atoms in total. The molecular weight excluding hydrogens is 456 g/mol. The molecule has 3 rings (SSSR count). The van der Waals surface area contributed by atoms with Gasteiger partial charge in [0.2, 0.25) is 5.91 Å². The van der Waals surface area contributed by atoms with Crippen LogP contribution in [0.25, 0.3) is 10.8 Å². The standard InChI is InChI=1S/C24H22F4N2O4/c1-13-4-6-18-17(8-9-30(23(18)33)14(2)12-34-15(3)31)22(13)29-21(32)11-16-5-7-19(20(25)10-16)24(26,27)28/h4-10,14H,11-12H2,1-3H3,(H,29,32)/t14-/m0/s1. The molecule has 1 N–H and O–H groups in total. The maximum Gasteiger partial charge on any atom is 0.419 e. The number of anilines is 1. The molecule has 1 aromatic heterocycles. The van der Waals surface area contributed by atoms with Crippen molar-refractivity contribution in [3.8, 4) is 0 Å². The number of hydrogen-bond donors (Lipinski definition) is 1. The minimum absolute atomic E-state index is 0.0138. The SMILES string of the molecule is CC(=O)OC[C@H](C)n1ccc2c(NC(=O)Cc3ccc(C(F)(F)F)c(F)c3)c(C)ccc2c1=O. The fourth-order valence-electron chi connectivity index (χ4n) is 3.55. The van der Waals surface area contributed by atoms with Crippen molar-refractivity contribution in [1.82, 2.24) is 4.57 Å². The maximum absolute atomic E-state index is 13.8. The number of esters is 1. The van der Waals surface area contributed by atoms with Crippen LogP contribution in [0.15, 0.2) is 47.4 Å². The Balaban J connectivity index is 1.87. The molecule has 1 heterocycles. The van der Waals surface area contributed by atoms with Gasteiger partial charge < -0.3 is 14.6 Å². The van der Waals surface area contributed by atoms with Gasteiger partial charge in [0.15, 0.2) is 0 Å². The number of amides is 1. The van der Waals surface area contributed by atoms with Crippen molar-refractivity contribution in [2.75, 3.05) is 11.9 Å². The predicted octanol–water partition coefficient (Wildman–Crippen LogP) is 4.77. The van der Waals surface area contributed by atoms with Crippen LogP contribution in [-0.2, 0) is 26.9 Å². The van der Waals surface area contributed by atoms with E-state index in [0.717, 1.165) is 6.07 Å². The number of hydrogen-bond acceptors (Lipinski definition) is 4. The number of nitrogens with one attached hydrogen (secondary N) is 1. The zero-order valence-corrected chi connectivity index (χ0v) is 18.6. The number of benzene rings is 2. The van der Waals surface area contributed by atoms with E-state index >= 15 is 0 Å². The Morgan fingerprint density at radius 3 is 2.44 bits per heavy atom. The third kappa shape index (κ3) is 5.44. The summed E-state index contributed by atoms with van der Waals surface area (Å²) in [5, 5.41) is 3.46. The second-order valence-corrected chi connectivity index (χ2v) is 7.94. The van der Waals surface area contributed by atoms with E-state index in [0.29, 0.717) is 34.2 Å². The van der Waals surface area contributed by atoms with Gasteiger partial charge in [-0.3, -0.25) is 14.4 Å². The van der Waals surface area contributed by atoms with Crippen LogP contribution in [0.2, 0.25) is 0 Å². The lowest BCUT2D eigenvalue weighted by molar-refractivity contribution is -0.142. The number of pyridine rings is 1. The van der Waals surface area contributed by atoms with Gasteiger partial charge in [0, 0.05) is 23.9 Å². The van der Waals surface area contributed by atoms with Gasteiger partial charge in [0.05, 0.1) is 23.7 Å². The van der Waals surface area contributed by atoms with Gasteiger partial charge in [0.25, 0.3) is 5.56 Å². The first-order valence-corrected chi connectivity index (χ1v) is 10.3. The highest BCUT2D eigenvalue weighted by molar-refractivity contribution is 6.03. The van der Waals surface area contributed by atoms with E-state index in [4.69, 9.17) is 4.74 Å². The number of halogens is 4. The number of rotatable bonds is 6. The molecule has 10 heteroatoms. The average Bonchev–Trinajstić information content (AvgIpc) is 2.73. The monoisotopic (exact) mass is 478 g/mol. The molecule has 0 aliphatic rings. The second-order valence-electron chi connectivity index (χ2n) is 7.94. The van der Waals surface area contributed by atoms with Crippen molar-refractivity contribution in [3.63, 3.8) is 0 Å². The van der Waals surface area contributed by atoms with Crippen LogP contribution in [0.4, 0.5) is 23.2 Å². The molecule has 1 atom stereocenters. The Morgan fingerprint density at radius 2 is 1.82 bits per heavy atom. The van der Waals surface area contributed by atoms with Crippen LogP contribution in [0.3, 0.4) is 0 Å². The van der Waals surface area contributed by atoms with Crippen molar-refractivity contribution in [3.05, 3.63) is 75.5 Å². The lowest BCUT2D eigenvalue weighted by Crippen LogP contribution is -2.26. The molecule has 34 heavy (non-hydrogen) atoms. The lowest BCUT2D eigenvalue weighted by Gasteiger charge is -2.17. The minimum atomic E-state index is -4.83. The fourth-order valence-corrected chi connectivity index (χ4v) is 3.55. The summed E-state index contributed by atoms with van der Waals surface area (Å²) in [5.41, 5.74) is -0.655. The molecule has 0 aliphatic carbocycles. The van der Waals surface area contributed by atoms with Gasteiger partial charge in [-0.1, -0.05) is 12.1 Å². The van der Waals surface area contributed by atoms with Crippen molar-refractivity contribution >= 4 is 28.3 Å². The Bertz CT molecular complexity index is 1310. The van der Waals surface area contributed by atoms with Gasteiger partial charge in [-0.25, -0.2) is 4.39 Å². The molecule has 180 valence electrons. The number of alkyl halides is 3. The third-order valence-electron chi connectivity index (χ3n) is 5.29. The number of ether oxygens (including phenoxy) is 1. The first-order valence-electron chi connectivity index (χ1n) is 10.3. The van der Waals surface area contributed by atoms with Crippen molar-refractivity contribution in [1.29, 1.82) is 0 Å². The van der Waals surface area contributed by atoms with Gasteiger partial charge in [0.1, 0.15) is 12.4 Å². The normalized spacial score (nSPS) is 12.4. The van der Waals surface area contributed by atoms with Crippen LogP contribution in [0, 0.1) is 12.7 Å². The van der Waals surface area contributed by atoms with Crippen LogP contribution >= 0.6 is 0 Å². The van der Waals surface area contributed by atoms with E-state index in [-0.39, 0.29) is 24.2 Å². The van der Waals surface area contributed by atoms with Gasteiger partial charge in [-0.15, -0.1) is 0 Å². The summed E-state index contributed by atoms with van der Waals surface area (Å²) in [6, 6.07) is 6.81. The van der Waals surface area contributed by atoms with Gasteiger partial charge >= 0.3 is 12.1 Å². The molecule has 2 aromatic carbocycles. The maximum atomic E-state index is 13.8. The number of carbonyl (C=O) groups is 2. The Kier molecular flexibility index (Phi) is 7.09. The van der Waals surface area contributed by atoms with Gasteiger partial charge in [-0.05, 0) is 49.2 Å². The summed E-state index contributed by atoms with van der Waals surface area (Å²) in [5.74, 6) is -2.50. The number of nitrogens with zero attached hydrogens (tertiary/aromatic N) is 1. The Hall–Kier alpha value is -3.69. The van der Waals surface area contributed by atoms with Crippen LogP contribution in [0.1, 0.15) is 36.6 Å². The summed E-state index contributed by atoms with van der Waals surface area (Å²) in [7, 11) is 0. The topological polar surface area (TPSA) is 77.4 Å². The van der Waals surface area contributed by atoms with Crippen molar-refractivity contribution in [2.24, 2.45) is 0 Å². The molecule has 3 aromatic rings. The van der Waals surface area contributed by atoms with E-state index in [9.17, 15) is 31.9 Å². The number of aryl methyl sites for hydroxylation is 1. The Labute approximate surface area is 192 Å². The molecule has 0 aliphatic heterocycles. The third-order valence-corrected chi connectivity index (χ3v) is 5.29. The average molecular weight is 478 g/mol. The summed E-state index contributed by atoms with van der Waals surface area (Å²) < 4.78 is 58.4. The summed E-state index contributed by atoms with van der Waals surface area (Å²) >= 11 is 0. The van der Waals surface area contributed by atoms with E-state index < -0.39 is 35.5 Å². The lowest BCUT2D eigenvalue weighted by atomic mass is 10.0. The highest BCUT2D eigenvalue weighted by atomic mass is 19.4. The van der Waals surface area contributed by atoms with Crippen LogP contribution < -0.4 is 10.9 Å². The number of carbonyl (C=O) groups excluding carboxylic acids is 2. The number of aromatic nitrogens is 1. The molecule has 0 unspecified atom stereocenters. The van der Waals surface area contributed by atoms with Crippen molar-refractivity contribution in [2.45, 2.75) is 39.4 Å². The molecule has 0 radical (unpaired) electrons. The van der Waals surface area contributed by atoms with E-state index in [2.05, 4.69) is 5.32 Å². The largest absolute Gasteiger partial charge is 0.464 e. The summed E-state index contributed by atoms with van der Waals surface area (Å²) in [6.07, 6.45) is -3.66. The number of fused-ring (bicyclic) bond motifs is 1. The zero-order chi connectivity index (χ0) is 25.2. The predicted molar refractivity (Wildman–Crippen MR) is 118 cm³/mol. The second kappa shape index (κ2) is 9.66. The van der Waals surface area contributed by atoms with Gasteiger partial charge in [-0.2, -0.15) is 13.2 Å². The summed E-state index contributed by atoms with van der Waals surface area (Å²) in [4.78, 5) is 36.6.